The zero-order valence-corrected chi connectivity index (χ0v) is 11.5. The molecule has 0 aliphatic carbocycles. The summed E-state index contributed by atoms with van der Waals surface area (Å²) in [6.07, 6.45) is 1.28. The summed E-state index contributed by atoms with van der Waals surface area (Å²) >= 11 is 0. The molecule has 0 aromatic carbocycles. The monoisotopic (exact) mass is 249 g/mol. The van der Waals surface area contributed by atoms with Gasteiger partial charge < -0.3 is 15.5 Å². The van der Waals surface area contributed by atoms with Crippen LogP contribution in [-0.2, 0) is 0 Å². The van der Waals surface area contributed by atoms with E-state index >= 15 is 0 Å². The van der Waals surface area contributed by atoms with Crippen LogP contribution in [0.4, 0.5) is 11.8 Å². The first-order chi connectivity index (χ1) is 8.71. The minimum Gasteiger partial charge on any atom is -0.370 e. The van der Waals surface area contributed by atoms with Gasteiger partial charge in [-0.15, -0.1) is 0 Å². The quantitative estimate of drug-likeness (QED) is 0.830. The summed E-state index contributed by atoms with van der Waals surface area (Å²) in [6, 6.07) is 1.99. The van der Waals surface area contributed by atoms with Crippen LogP contribution in [0.2, 0.25) is 0 Å². The van der Waals surface area contributed by atoms with Crippen molar-refractivity contribution in [3.05, 3.63) is 11.8 Å². The molecule has 5 heteroatoms. The first-order valence-corrected chi connectivity index (χ1v) is 6.71. The minimum absolute atomic E-state index is 0.680. The normalized spacial score (nSPS) is 20.1. The predicted octanol–water partition coefficient (Wildman–Crippen LogP) is 1.58. The third-order valence-corrected chi connectivity index (χ3v) is 3.47. The molecule has 2 heterocycles. The highest BCUT2D eigenvalue weighted by atomic mass is 15.2. The van der Waals surface area contributed by atoms with Crippen molar-refractivity contribution >= 4 is 11.8 Å². The fourth-order valence-electron chi connectivity index (χ4n) is 2.39. The molecular formula is C13H23N5. The Morgan fingerprint density at radius 3 is 2.94 bits per heavy atom. The molecule has 1 aromatic heterocycles. The summed E-state index contributed by atoms with van der Waals surface area (Å²) in [5, 5.41) is 6.41. The molecule has 0 bridgehead atoms. The summed E-state index contributed by atoms with van der Waals surface area (Å²) in [7, 11) is 1.84. The Bertz CT molecular complexity index is 393. The average molecular weight is 249 g/mol. The van der Waals surface area contributed by atoms with Gasteiger partial charge in [-0.25, -0.2) is 4.98 Å². The van der Waals surface area contributed by atoms with E-state index in [-0.39, 0.29) is 0 Å². The molecule has 0 amide bonds. The Morgan fingerprint density at radius 1 is 1.44 bits per heavy atom. The lowest BCUT2D eigenvalue weighted by Gasteiger charge is -2.14. The summed E-state index contributed by atoms with van der Waals surface area (Å²) in [5.41, 5.74) is 0.985. The molecule has 1 aliphatic rings. The average Bonchev–Trinajstić information content (AvgIpc) is 2.83. The highest BCUT2D eigenvalue weighted by molar-refractivity contribution is 5.41. The van der Waals surface area contributed by atoms with Crippen LogP contribution < -0.4 is 10.6 Å². The van der Waals surface area contributed by atoms with Crippen molar-refractivity contribution in [2.24, 2.45) is 5.92 Å². The predicted molar refractivity (Wildman–Crippen MR) is 75.0 cm³/mol. The maximum Gasteiger partial charge on any atom is 0.224 e. The summed E-state index contributed by atoms with van der Waals surface area (Å²) < 4.78 is 0. The van der Waals surface area contributed by atoms with Gasteiger partial charge in [0.25, 0.3) is 0 Å². The van der Waals surface area contributed by atoms with E-state index < -0.39 is 0 Å². The highest BCUT2D eigenvalue weighted by Gasteiger charge is 2.20. The van der Waals surface area contributed by atoms with Crippen LogP contribution in [-0.4, -0.2) is 48.1 Å². The van der Waals surface area contributed by atoms with Crippen LogP contribution in [0.3, 0.4) is 0 Å². The molecule has 5 nitrogen and oxygen atoms in total. The maximum atomic E-state index is 4.41. The number of anilines is 2. The molecule has 2 rings (SSSR count). The second-order valence-corrected chi connectivity index (χ2v) is 4.90. The van der Waals surface area contributed by atoms with Crippen LogP contribution in [0.5, 0.6) is 0 Å². The third-order valence-electron chi connectivity index (χ3n) is 3.47. The van der Waals surface area contributed by atoms with E-state index in [2.05, 4.69) is 32.4 Å². The minimum atomic E-state index is 0.680. The van der Waals surface area contributed by atoms with E-state index in [0.717, 1.165) is 30.5 Å². The van der Waals surface area contributed by atoms with Crippen molar-refractivity contribution in [3.8, 4) is 0 Å². The van der Waals surface area contributed by atoms with Crippen LogP contribution in [0.15, 0.2) is 6.07 Å². The maximum absolute atomic E-state index is 4.41. The molecule has 2 N–H and O–H groups in total. The molecule has 0 radical (unpaired) electrons. The molecule has 0 spiro atoms. The van der Waals surface area contributed by atoms with Crippen LogP contribution in [0, 0.1) is 12.8 Å². The summed E-state index contributed by atoms with van der Waals surface area (Å²) in [5.74, 6) is 2.33. The smallest absolute Gasteiger partial charge is 0.224 e. The van der Waals surface area contributed by atoms with Gasteiger partial charge in [-0.1, -0.05) is 6.92 Å². The lowest BCUT2D eigenvalue weighted by molar-refractivity contribution is 0.345. The largest absolute Gasteiger partial charge is 0.370 e. The molecule has 1 saturated heterocycles. The van der Waals surface area contributed by atoms with E-state index in [1.807, 2.05) is 20.0 Å². The van der Waals surface area contributed by atoms with Crippen molar-refractivity contribution in [3.63, 3.8) is 0 Å². The molecule has 1 fully saturated rings. The Morgan fingerprint density at radius 2 is 2.28 bits per heavy atom. The molecule has 1 unspecified atom stereocenters. The molecule has 0 saturated carbocycles. The van der Waals surface area contributed by atoms with Crippen molar-refractivity contribution in [1.82, 2.24) is 14.9 Å². The number of nitrogens with zero attached hydrogens (tertiary/aromatic N) is 3. The fourth-order valence-corrected chi connectivity index (χ4v) is 2.39. The van der Waals surface area contributed by atoms with Gasteiger partial charge in [0.15, 0.2) is 0 Å². The van der Waals surface area contributed by atoms with Gasteiger partial charge in [-0.3, -0.25) is 0 Å². The van der Waals surface area contributed by atoms with Gasteiger partial charge in [0, 0.05) is 31.9 Å². The van der Waals surface area contributed by atoms with E-state index in [1.165, 1.54) is 19.5 Å². The first-order valence-electron chi connectivity index (χ1n) is 6.71. The lowest BCUT2D eigenvalue weighted by Crippen LogP contribution is -2.22. The second kappa shape index (κ2) is 6.00. The van der Waals surface area contributed by atoms with Gasteiger partial charge in [0.05, 0.1) is 0 Å². The molecule has 1 aliphatic heterocycles. The van der Waals surface area contributed by atoms with E-state index in [4.69, 9.17) is 0 Å². The Hall–Kier alpha value is -1.36. The number of nitrogens with one attached hydrogen (secondary N) is 2. The van der Waals surface area contributed by atoms with E-state index in [0.29, 0.717) is 5.95 Å². The zero-order valence-electron chi connectivity index (χ0n) is 11.5. The molecule has 1 atom stereocenters. The van der Waals surface area contributed by atoms with Gasteiger partial charge >= 0.3 is 0 Å². The van der Waals surface area contributed by atoms with E-state index in [1.54, 1.807) is 0 Å². The number of aromatic nitrogens is 2. The van der Waals surface area contributed by atoms with E-state index in [9.17, 15) is 0 Å². The van der Waals surface area contributed by atoms with Crippen molar-refractivity contribution < 1.29 is 0 Å². The number of hydrogen-bond donors (Lipinski definition) is 2. The zero-order chi connectivity index (χ0) is 13.0. The first kappa shape index (κ1) is 13.1. The van der Waals surface area contributed by atoms with Crippen molar-refractivity contribution in [2.75, 3.05) is 43.9 Å². The number of hydrogen-bond acceptors (Lipinski definition) is 5. The van der Waals surface area contributed by atoms with Crippen LogP contribution in [0.1, 0.15) is 19.0 Å². The molecular weight excluding hydrogens is 226 g/mol. The Balaban J connectivity index is 1.88. The van der Waals surface area contributed by atoms with Crippen molar-refractivity contribution in [2.45, 2.75) is 20.3 Å². The second-order valence-electron chi connectivity index (χ2n) is 4.90. The van der Waals surface area contributed by atoms with Gasteiger partial charge in [0.1, 0.15) is 5.82 Å². The fraction of sp³-hybridized carbons (Fsp3) is 0.692. The summed E-state index contributed by atoms with van der Waals surface area (Å²) in [4.78, 5) is 11.2. The standard InChI is InChI=1S/C13H23N5/c1-4-18-6-5-11(9-18)8-15-12-7-10(2)16-13(14-3)17-12/h7,11H,4-6,8-9H2,1-3H3,(H2,14,15,16,17). The van der Waals surface area contributed by atoms with Crippen LogP contribution >= 0.6 is 0 Å². The Kier molecular flexibility index (Phi) is 4.36. The highest BCUT2D eigenvalue weighted by Crippen LogP contribution is 2.17. The number of rotatable bonds is 5. The number of likely N-dealkylation sites (tertiary alicyclic amines) is 1. The van der Waals surface area contributed by atoms with Gasteiger partial charge in [0.2, 0.25) is 5.95 Å². The van der Waals surface area contributed by atoms with Crippen molar-refractivity contribution in [1.29, 1.82) is 0 Å². The third kappa shape index (κ3) is 3.32. The molecule has 18 heavy (non-hydrogen) atoms. The molecule has 1 aromatic rings. The summed E-state index contributed by atoms with van der Waals surface area (Å²) in [6.45, 7) is 8.80. The van der Waals surface area contributed by atoms with Crippen LogP contribution in [0.25, 0.3) is 0 Å². The number of aryl methyl sites for hydroxylation is 1. The SMILES string of the molecule is CCN1CCC(CNc2cc(C)nc(NC)n2)C1. The lowest BCUT2D eigenvalue weighted by atomic mass is 10.1. The van der Waals surface area contributed by atoms with Gasteiger partial charge in [-0.05, 0) is 32.4 Å². The molecule has 100 valence electrons. The van der Waals surface area contributed by atoms with Gasteiger partial charge in [-0.2, -0.15) is 4.98 Å². The Labute approximate surface area is 109 Å². The topological polar surface area (TPSA) is 53.1 Å².